The van der Waals surface area contributed by atoms with Crippen molar-refractivity contribution < 1.29 is 36.6 Å². The van der Waals surface area contributed by atoms with Crippen molar-refractivity contribution in [3.63, 3.8) is 0 Å². The van der Waals surface area contributed by atoms with Crippen LogP contribution in [0.1, 0.15) is 37.0 Å². The number of anilines is 2. The van der Waals surface area contributed by atoms with E-state index >= 15 is 0 Å². The van der Waals surface area contributed by atoms with E-state index in [-0.39, 0.29) is 42.1 Å². The van der Waals surface area contributed by atoms with Crippen LogP contribution >= 0.6 is 0 Å². The van der Waals surface area contributed by atoms with Crippen LogP contribution in [0.5, 0.6) is 0 Å². The Hall–Kier alpha value is -3.46. The molecule has 1 amide bonds. The molecule has 0 radical (unpaired) electrons. The zero-order valence-corrected chi connectivity index (χ0v) is 18.9. The molecular weight excluding hydrogens is 478 g/mol. The summed E-state index contributed by atoms with van der Waals surface area (Å²) < 4.78 is 71.5. The van der Waals surface area contributed by atoms with Gasteiger partial charge in [-0.25, -0.2) is 18.7 Å². The van der Waals surface area contributed by atoms with Crippen LogP contribution in [0, 0.1) is 0 Å². The quantitative estimate of drug-likeness (QED) is 0.421. The number of carbonyl (C=O) groups excluding carboxylic acids is 1. The second kappa shape index (κ2) is 9.65. The number of methoxy groups -OCH3 is 1. The topological polar surface area (TPSA) is 128 Å². The van der Waals surface area contributed by atoms with Crippen LogP contribution in [0.2, 0.25) is 0 Å². The smallest absolute Gasteiger partial charge is 0.434 e. The van der Waals surface area contributed by atoms with Gasteiger partial charge in [-0.3, -0.25) is 5.10 Å². The van der Waals surface area contributed by atoms with Gasteiger partial charge >= 0.3 is 12.3 Å². The summed E-state index contributed by atoms with van der Waals surface area (Å²) in [6.07, 6.45) is -8.65. The number of amides is 1. The molecule has 1 fully saturated rings. The van der Waals surface area contributed by atoms with Gasteiger partial charge in [-0.15, -0.1) is 0 Å². The van der Waals surface area contributed by atoms with E-state index in [1.807, 2.05) is 0 Å². The minimum atomic E-state index is -4.72. The van der Waals surface area contributed by atoms with Gasteiger partial charge in [0, 0.05) is 19.2 Å². The summed E-state index contributed by atoms with van der Waals surface area (Å²) in [6.45, 7) is 3.38. The Morgan fingerprint density at radius 3 is 2.83 bits per heavy atom. The number of alkyl carbamates (subject to hydrolysis) is 1. The number of ether oxygens (including phenoxy) is 3. The number of nitrogens with zero attached hydrogens (tertiary/aromatic N) is 4. The van der Waals surface area contributed by atoms with E-state index in [0.29, 0.717) is 5.69 Å². The van der Waals surface area contributed by atoms with Crippen molar-refractivity contribution in [1.29, 1.82) is 0 Å². The molecule has 0 unspecified atom stereocenters. The van der Waals surface area contributed by atoms with Gasteiger partial charge in [0.2, 0.25) is 0 Å². The minimum Gasteiger partial charge on any atom is -0.441 e. The van der Waals surface area contributed by atoms with Gasteiger partial charge in [-0.05, 0) is 19.9 Å². The first-order chi connectivity index (χ1) is 16.5. The molecule has 4 heterocycles. The lowest BCUT2D eigenvalue weighted by molar-refractivity contribution is -0.141. The first-order valence-corrected chi connectivity index (χ1v) is 10.6. The predicted molar refractivity (Wildman–Crippen MR) is 113 cm³/mol. The summed E-state index contributed by atoms with van der Waals surface area (Å²) in [7, 11) is 1.43. The van der Waals surface area contributed by atoms with Gasteiger partial charge in [-0.2, -0.15) is 23.4 Å². The maximum atomic E-state index is 14.9. The zero-order valence-electron chi connectivity index (χ0n) is 18.9. The molecule has 3 aromatic rings. The number of carbonyl (C=O) groups is 1. The lowest BCUT2D eigenvalue weighted by Gasteiger charge is -2.16. The maximum absolute atomic E-state index is 14.9. The van der Waals surface area contributed by atoms with Crippen LogP contribution in [0.3, 0.4) is 0 Å². The lowest BCUT2D eigenvalue weighted by atomic mass is 10.1. The van der Waals surface area contributed by atoms with Gasteiger partial charge in [-0.1, -0.05) is 0 Å². The lowest BCUT2D eigenvalue weighted by Crippen LogP contribution is -2.36. The van der Waals surface area contributed by atoms with Crippen LogP contribution in [-0.2, 0) is 27.0 Å². The molecule has 11 nitrogen and oxygen atoms in total. The number of H-pyrrole nitrogens is 1. The number of aromatic amines is 1. The number of alkyl halides is 4. The van der Waals surface area contributed by atoms with Gasteiger partial charge in [0.15, 0.2) is 29.6 Å². The molecule has 3 aromatic heterocycles. The fourth-order valence-electron chi connectivity index (χ4n) is 3.50. The first kappa shape index (κ1) is 24.7. The molecule has 0 saturated carbocycles. The third-order valence-corrected chi connectivity index (χ3v) is 4.99. The van der Waals surface area contributed by atoms with Crippen molar-refractivity contribution in [3.05, 3.63) is 35.4 Å². The van der Waals surface area contributed by atoms with E-state index in [0.717, 1.165) is 10.7 Å². The molecule has 15 heteroatoms. The van der Waals surface area contributed by atoms with Crippen molar-refractivity contribution in [2.75, 3.05) is 19.0 Å². The number of rotatable bonds is 7. The van der Waals surface area contributed by atoms with Gasteiger partial charge < -0.3 is 24.8 Å². The minimum absolute atomic E-state index is 0.0703. The van der Waals surface area contributed by atoms with Gasteiger partial charge in [0.05, 0.1) is 30.8 Å². The second-order valence-corrected chi connectivity index (χ2v) is 8.15. The molecule has 1 saturated heterocycles. The van der Waals surface area contributed by atoms with E-state index < -0.39 is 36.3 Å². The average Bonchev–Trinajstić information content (AvgIpc) is 3.46. The Bertz CT molecular complexity index is 1200. The third-order valence-electron chi connectivity index (χ3n) is 4.99. The molecule has 4 rings (SSSR count). The normalized spacial score (nSPS) is 20.5. The largest absolute Gasteiger partial charge is 0.441 e. The SMILES string of the molecule is COCc1cc2c(Nc3cc([C@H]4OC[C@@H](OC(=O)NC(C)C)[C@@H]4F)[nH]n3)nc(C(F)(F)F)cn2n1. The monoisotopic (exact) mass is 501 g/mol. The van der Waals surface area contributed by atoms with E-state index in [1.165, 1.54) is 19.2 Å². The van der Waals surface area contributed by atoms with Crippen molar-refractivity contribution in [1.82, 2.24) is 30.1 Å². The van der Waals surface area contributed by atoms with Gasteiger partial charge in [0.25, 0.3) is 0 Å². The van der Waals surface area contributed by atoms with Crippen LogP contribution in [0.4, 0.5) is 34.0 Å². The highest BCUT2D eigenvalue weighted by Crippen LogP contribution is 2.34. The summed E-state index contributed by atoms with van der Waals surface area (Å²) in [6, 6.07) is 2.71. The number of fused-ring (bicyclic) bond motifs is 1. The summed E-state index contributed by atoms with van der Waals surface area (Å²) in [5, 5.41) is 15.9. The summed E-state index contributed by atoms with van der Waals surface area (Å²) in [5.41, 5.74) is -0.323. The van der Waals surface area contributed by atoms with Crippen LogP contribution in [0.25, 0.3) is 5.52 Å². The molecule has 1 aliphatic rings. The first-order valence-electron chi connectivity index (χ1n) is 10.6. The molecule has 35 heavy (non-hydrogen) atoms. The third kappa shape index (κ3) is 5.45. The maximum Gasteiger partial charge on any atom is 0.434 e. The second-order valence-electron chi connectivity index (χ2n) is 8.15. The molecule has 1 aliphatic heterocycles. The van der Waals surface area contributed by atoms with E-state index in [9.17, 15) is 22.4 Å². The highest BCUT2D eigenvalue weighted by atomic mass is 19.4. The number of hydrogen-bond donors (Lipinski definition) is 3. The Labute approximate surface area is 196 Å². The van der Waals surface area contributed by atoms with E-state index in [4.69, 9.17) is 14.2 Å². The van der Waals surface area contributed by atoms with Crippen molar-refractivity contribution in [3.8, 4) is 0 Å². The van der Waals surface area contributed by atoms with Crippen LogP contribution < -0.4 is 10.6 Å². The summed E-state index contributed by atoms with van der Waals surface area (Å²) >= 11 is 0. The number of halogens is 4. The molecule has 0 bridgehead atoms. The molecule has 3 atom stereocenters. The Kier molecular flexibility index (Phi) is 6.80. The standard InChI is InChI=1S/C20H23F4N7O4/c1-9(2)25-19(32)35-13-8-34-17(16(13)21)11-5-15(29-28-11)27-18-12-4-10(7-33-3)30-31(12)6-14(26-18)20(22,23)24/h4-6,9,13,16-17H,7-8H2,1-3H3,(H,25,32)(H2,26,27,28,29)/t13-,16+,17-/m1/s1. The molecule has 190 valence electrons. The van der Waals surface area contributed by atoms with Gasteiger partial charge in [0.1, 0.15) is 11.6 Å². The molecular formula is C20H23F4N7O4. The highest BCUT2D eigenvalue weighted by molar-refractivity contribution is 5.72. The summed E-state index contributed by atoms with van der Waals surface area (Å²) in [5.74, 6) is -0.0932. The van der Waals surface area contributed by atoms with Crippen LogP contribution in [-0.4, -0.2) is 62.9 Å². The van der Waals surface area contributed by atoms with E-state index in [1.54, 1.807) is 13.8 Å². The van der Waals surface area contributed by atoms with Crippen molar-refractivity contribution in [2.24, 2.45) is 0 Å². The molecule has 0 aliphatic carbocycles. The Morgan fingerprint density at radius 2 is 2.14 bits per heavy atom. The number of aromatic nitrogens is 5. The fraction of sp³-hybridized carbons (Fsp3) is 0.500. The summed E-state index contributed by atoms with van der Waals surface area (Å²) in [4.78, 5) is 15.4. The van der Waals surface area contributed by atoms with Crippen LogP contribution in [0.15, 0.2) is 18.3 Å². The highest BCUT2D eigenvalue weighted by Gasteiger charge is 2.42. The Morgan fingerprint density at radius 1 is 1.37 bits per heavy atom. The number of nitrogens with one attached hydrogen (secondary N) is 3. The predicted octanol–water partition coefficient (Wildman–Crippen LogP) is 3.27. The number of hydrogen-bond acceptors (Lipinski definition) is 8. The molecule has 3 N–H and O–H groups in total. The average molecular weight is 501 g/mol. The fourth-order valence-corrected chi connectivity index (χ4v) is 3.50. The molecule has 0 aromatic carbocycles. The van der Waals surface area contributed by atoms with Crippen molar-refractivity contribution >= 4 is 23.2 Å². The van der Waals surface area contributed by atoms with E-state index in [2.05, 4.69) is 30.9 Å². The van der Waals surface area contributed by atoms with Crippen molar-refractivity contribution in [2.45, 2.75) is 51.1 Å². The Balaban J connectivity index is 1.54. The molecule has 0 spiro atoms. The zero-order chi connectivity index (χ0) is 25.3.